The average molecular weight is 315 g/mol. The fourth-order valence-corrected chi connectivity index (χ4v) is 2.94. The number of aldehydes is 1. The predicted octanol–water partition coefficient (Wildman–Crippen LogP) is 5.07. The van der Waals surface area contributed by atoms with Crippen LogP contribution in [0.1, 0.15) is 57.4 Å². The van der Waals surface area contributed by atoms with Crippen molar-refractivity contribution in [3.05, 3.63) is 29.8 Å². The molecule has 0 amide bonds. The van der Waals surface area contributed by atoms with Crippen LogP contribution >= 0.6 is 0 Å². The maximum atomic E-state index is 10.8. The van der Waals surface area contributed by atoms with E-state index in [0.29, 0.717) is 12.3 Å². The molecule has 23 heavy (non-hydrogen) atoms. The Labute approximate surface area is 140 Å². The number of unbranched alkanes of at least 4 members (excludes halogenated alkanes) is 1. The van der Waals surface area contributed by atoms with Crippen LogP contribution in [-0.2, 0) is 4.79 Å². The normalized spacial score (nSPS) is 15.1. The number of benzene rings is 1. The third kappa shape index (κ3) is 4.85. The van der Waals surface area contributed by atoms with Gasteiger partial charge in [-0.3, -0.25) is 0 Å². The Morgan fingerprint density at radius 3 is 2.83 bits per heavy atom. The SMILES string of the molecule is CCCC/C(=C/CC=O)c1c(NC)cccc1OCC1CCC1. The Morgan fingerprint density at radius 2 is 2.22 bits per heavy atom. The van der Waals surface area contributed by atoms with Crippen LogP contribution in [0.15, 0.2) is 24.3 Å². The van der Waals surface area contributed by atoms with E-state index in [1.165, 1.54) is 24.8 Å². The molecular formula is C20H29NO2. The fourth-order valence-electron chi connectivity index (χ4n) is 2.94. The largest absolute Gasteiger partial charge is 0.493 e. The molecule has 0 bridgehead atoms. The lowest BCUT2D eigenvalue weighted by molar-refractivity contribution is -0.107. The van der Waals surface area contributed by atoms with Gasteiger partial charge in [-0.25, -0.2) is 0 Å². The molecule has 0 aromatic heterocycles. The van der Waals surface area contributed by atoms with Crippen molar-refractivity contribution in [2.75, 3.05) is 19.0 Å². The number of carbonyl (C=O) groups excluding carboxylic acids is 1. The minimum absolute atomic E-state index is 0.458. The Balaban J connectivity index is 2.27. The fraction of sp³-hybridized carbons (Fsp3) is 0.550. The summed E-state index contributed by atoms with van der Waals surface area (Å²) in [6.07, 6.45) is 10.6. The van der Waals surface area contributed by atoms with Crippen LogP contribution in [0.2, 0.25) is 0 Å². The number of carbonyl (C=O) groups is 1. The Bertz CT molecular complexity index is 532. The molecule has 3 nitrogen and oxygen atoms in total. The van der Waals surface area contributed by atoms with Crippen molar-refractivity contribution in [3.8, 4) is 5.75 Å². The summed E-state index contributed by atoms with van der Waals surface area (Å²) >= 11 is 0. The molecule has 0 heterocycles. The van der Waals surface area contributed by atoms with Crippen molar-refractivity contribution in [2.24, 2.45) is 5.92 Å². The zero-order chi connectivity index (χ0) is 16.5. The quantitative estimate of drug-likeness (QED) is 0.613. The molecule has 0 atom stereocenters. The Hall–Kier alpha value is -1.77. The zero-order valence-electron chi connectivity index (χ0n) is 14.4. The predicted molar refractivity (Wildman–Crippen MR) is 97.0 cm³/mol. The molecule has 0 aliphatic heterocycles. The van der Waals surface area contributed by atoms with Gasteiger partial charge < -0.3 is 14.8 Å². The number of nitrogens with one attached hydrogen (secondary N) is 1. The standard InChI is InChI=1S/C20H29NO2/c1-3-4-10-17(11-7-14-22)20-18(21-2)12-6-13-19(20)23-15-16-8-5-9-16/h6,11-14,16,21H,3-5,7-10,15H2,1-2H3/b17-11-. The van der Waals surface area contributed by atoms with Gasteiger partial charge in [0.05, 0.1) is 6.61 Å². The van der Waals surface area contributed by atoms with E-state index in [4.69, 9.17) is 4.74 Å². The van der Waals surface area contributed by atoms with Crippen LogP contribution in [0.25, 0.3) is 5.57 Å². The molecule has 1 N–H and O–H groups in total. The monoisotopic (exact) mass is 315 g/mol. The molecule has 0 radical (unpaired) electrons. The minimum atomic E-state index is 0.458. The highest BCUT2D eigenvalue weighted by molar-refractivity contribution is 5.81. The molecule has 1 fully saturated rings. The minimum Gasteiger partial charge on any atom is -0.493 e. The van der Waals surface area contributed by atoms with Crippen LogP contribution in [0, 0.1) is 5.92 Å². The van der Waals surface area contributed by atoms with Crippen molar-refractivity contribution in [2.45, 2.75) is 51.9 Å². The van der Waals surface area contributed by atoms with Gasteiger partial charge in [-0.15, -0.1) is 0 Å². The van der Waals surface area contributed by atoms with E-state index < -0.39 is 0 Å². The lowest BCUT2D eigenvalue weighted by atomic mass is 9.86. The summed E-state index contributed by atoms with van der Waals surface area (Å²) in [5.41, 5.74) is 3.42. The third-order valence-corrected chi connectivity index (χ3v) is 4.58. The van der Waals surface area contributed by atoms with Gasteiger partial charge in [-0.1, -0.05) is 31.9 Å². The smallest absolute Gasteiger partial charge is 0.128 e. The van der Waals surface area contributed by atoms with Crippen molar-refractivity contribution in [3.63, 3.8) is 0 Å². The average Bonchev–Trinajstić information content (AvgIpc) is 2.53. The topological polar surface area (TPSA) is 38.3 Å². The van der Waals surface area contributed by atoms with Gasteiger partial charge in [0.1, 0.15) is 12.0 Å². The van der Waals surface area contributed by atoms with Crippen molar-refractivity contribution in [1.82, 2.24) is 0 Å². The van der Waals surface area contributed by atoms with Crippen LogP contribution in [0.5, 0.6) is 5.75 Å². The second-order valence-corrected chi connectivity index (χ2v) is 6.27. The van der Waals surface area contributed by atoms with E-state index >= 15 is 0 Å². The third-order valence-electron chi connectivity index (χ3n) is 4.58. The summed E-state index contributed by atoms with van der Waals surface area (Å²) in [6.45, 7) is 2.99. The molecule has 0 spiro atoms. The van der Waals surface area contributed by atoms with Crippen LogP contribution in [-0.4, -0.2) is 19.9 Å². The van der Waals surface area contributed by atoms with Gasteiger partial charge in [-0.05, 0) is 49.3 Å². The molecule has 3 heteroatoms. The summed E-state index contributed by atoms with van der Waals surface area (Å²) in [6, 6.07) is 6.16. The lowest BCUT2D eigenvalue weighted by Crippen LogP contribution is -2.19. The van der Waals surface area contributed by atoms with E-state index in [-0.39, 0.29) is 0 Å². The number of hydrogen-bond donors (Lipinski definition) is 1. The molecule has 1 aromatic carbocycles. The van der Waals surface area contributed by atoms with E-state index in [2.05, 4.69) is 30.4 Å². The molecule has 1 aliphatic rings. The highest BCUT2D eigenvalue weighted by atomic mass is 16.5. The van der Waals surface area contributed by atoms with Gasteiger partial charge in [0.25, 0.3) is 0 Å². The van der Waals surface area contributed by atoms with E-state index in [1.54, 1.807) is 0 Å². The summed E-state index contributed by atoms with van der Waals surface area (Å²) in [5.74, 6) is 1.65. The van der Waals surface area contributed by atoms with Crippen molar-refractivity contribution in [1.29, 1.82) is 0 Å². The molecule has 1 saturated carbocycles. The van der Waals surface area contributed by atoms with Gasteiger partial charge in [0.2, 0.25) is 0 Å². The van der Waals surface area contributed by atoms with Crippen LogP contribution < -0.4 is 10.1 Å². The van der Waals surface area contributed by atoms with E-state index in [9.17, 15) is 4.79 Å². The Morgan fingerprint density at radius 1 is 1.39 bits per heavy atom. The van der Waals surface area contributed by atoms with Crippen molar-refractivity contribution < 1.29 is 9.53 Å². The van der Waals surface area contributed by atoms with Crippen molar-refractivity contribution >= 4 is 17.5 Å². The maximum absolute atomic E-state index is 10.8. The zero-order valence-corrected chi connectivity index (χ0v) is 14.4. The van der Waals surface area contributed by atoms with Gasteiger partial charge in [0.15, 0.2) is 0 Å². The highest BCUT2D eigenvalue weighted by Crippen LogP contribution is 2.37. The summed E-state index contributed by atoms with van der Waals surface area (Å²) < 4.78 is 6.16. The summed E-state index contributed by atoms with van der Waals surface area (Å²) in [7, 11) is 1.94. The first-order chi connectivity index (χ1) is 11.3. The summed E-state index contributed by atoms with van der Waals surface area (Å²) in [4.78, 5) is 10.8. The lowest BCUT2D eigenvalue weighted by Gasteiger charge is -2.26. The van der Waals surface area contributed by atoms with Gasteiger partial charge in [0, 0.05) is 24.7 Å². The molecule has 0 unspecified atom stereocenters. The van der Waals surface area contributed by atoms with Gasteiger partial charge in [-0.2, -0.15) is 0 Å². The number of allylic oxidation sites excluding steroid dienone is 2. The first kappa shape index (κ1) is 17.6. The molecule has 1 aliphatic carbocycles. The van der Waals surface area contributed by atoms with Gasteiger partial charge >= 0.3 is 0 Å². The first-order valence-corrected chi connectivity index (χ1v) is 8.86. The molecule has 2 rings (SSSR count). The number of ether oxygens (including phenoxy) is 1. The van der Waals surface area contributed by atoms with Crippen LogP contribution in [0.4, 0.5) is 5.69 Å². The number of rotatable bonds is 10. The number of hydrogen-bond acceptors (Lipinski definition) is 3. The molecule has 126 valence electrons. The van der Waals surface area contributed by atoms with E-state index in [0.717, 1.165) is 49.2 Å². The summed E-state index contributed by atoms with van der Waals surface area (Å²) in [5, 5.41) is 3.28. The second-order valence-electron chi connectivity index (χ2n) is 6.27. The number of anilines is 1. The Kier molecular flexibility index (Phi) is 7.18. The molecular weight excluding hydrogens is 286 g/mol. The first-order valence-electron chi connectivity index (χ1n) is 8.86. The highest BCUT2D eigenvalue weighted by Gasteiger charge is 2.20. The molecule has 1 aromatic rings. The van der Waals surface area contributed by atoms with E-state index in [1.807, 2.05) is 13.1 Å². The maximum Gasteiger partial charge on any atom is 0.128 e. The van der Waals surface area contributed by atoms with Crippen LogP contribution in [0.3, 0.4) is 0 Å². The second kappa shape index (κ2) is 9.39. The molecule has 0 saturated heterocycles.